The van der Waals surface area contributed by atoms with Crippen LogP contribution >= 0.6 is 0 Å². The molecule has 0 saturated carbocycles. The lowest BCUT2D eigenvalue weighted by molar-refractivity contribution is -0.143. The van der Waals surface area contributed by atoms with Crippen LogP contribution in [0.5, 0.6) is 0 Å². The van der Waals surface area contributed by atoms with Crippen molar-refractivity contribution in [2.75, 3.05) is 20.1 Å². The van der Waals surface area contributed by atoms with Gasteiger partial charge in [0.1, 0.15) is 6.54 Å². The molecule has 8 heteroatoms. The molecule has 0 aromatic rings. The van der Waals surface area contributed by atoms with Gasteiger partial charge in [-0.3, -0.25) is 19.3 Å². The third-order valence-electron chi connectivity index (χ3n) is 3.66. The van der Waals surface area contributed by atoms with Crippen molar-refractivity contribution in [3.05, 3.63) is 0 Å². The first-order valence-electron chi connectivity index (χ1n) is 6.58. The van der Waals surface area contributed by atoms with Crippen LogP contribution in [0.15, 0.2) is 0 Å². The minimum atomic E-state index is -0.956. The first kappa shape index (κ1) is 14.4. The van der Waals surface area contributed by atoms with E-state index in [1.807, 2.05) is 6.92 Å². The second-order valence-electron chi connectivity index (χ2n) is 5.10. The molecule has 20 heavy (non-hydrogen) atoms. The van der Waals surface area contributed by atoms with Gasteiger partial charge in [0.2, 0.25) is 5.91 Å². The normalized spacial score (nSPS) is 27.2. The lowest BCUT2D eigenvalue weighted by Crippen LogP contribution is -2.54. The van der Waals surface area contributed by atoms with Crippen LogP contribution in [0, 0.1) is 0 Å². The Hall–Kier alpha value is -1.96. The fraction of sp³-hybridized carbons (Fsp3) is 0.667. The maximum atomic E-state index is 11.9. The molecule has 0 aliphatic carbocycles. The highest BCUT2D eigenvalue weighted by atomic mass is 16.2. The van der Waals surface area contributed by atoms with Gasteiger partial charge in [-0.05, 0) is 26.3 Å². The third kappa shape index (κ3) is 2.64. The Kier molecular flexibility index (Phi) is 4.03. The lowest BCUT2D eigenvalue weighted by Gasteiger charge is -2.30. The molecule has 0 bridgehead atoms. The number of rotatable bonds is 3. The lowest BCUT2D eigenvalue weighted by atomic mass is 10.00. The Bertz CT molecular complexity index is 464. The number of imide groups is 2. The fourth-order valence-electron chi connectivity index (χ4n) is 2.39. The van der Waals surface area contributed by atoms with Gasteiger partial charge in [-0.25, -0.2) is 9.69 Å². The van der Waals surface area contributed by atoms with Crippen LogP contribution < -0.4 is 10.6 Å². The topological polar surface area (TPSA) is 98.8 Å². The summed E-state index contributed by atoms with van der Waals surface area (Å²) in [5.41, 5.74) is 0. The number of nitrogens with one attached hydrogen (secondary N) is 2. The van der Waals surface area contributed by atoms with E-state index in [1.54, 1.807) is 0 Å². The van der Waals surface area contributed by atoms with Crippen LogP contribution in [0.4, 0.5) is 4.79 Å². The number of nitrogens with zero attached hydrogens (tertiary/aromatic N) is 2. The predicted octanol–water partition coefficient (Wildman–Crippen LogP) is -1.34. The van der Waals surface area contributed by atoms with Gasteiger partial charge in [0, 0.05) is 19.1 Å². The third-order valence-corrected chi connectivity index (χ3v) is 3.66. The highest BCUT2D eigenvalue weighted by Gasteiger charge is 2.43. The summed E-state index contributed by atoms with van der Waals surface area (Å²) in [5, 5.41) is 6.03. The molecule has 2 saturated heterocycles. The van der Waals surface area contributed by atoms with Gasteiger partial charge < -0.3 is 10.6 Å². The van der Waals surface area contributed by atoms with E-state index >= 15 is 0 Å². The number of hydrogen-bond donors (Lipinski definition) is 2. The summed E-state index contributed by atoms with van der Waals surface area (Å²) in [7, 11) is 1.22. The maximum absolute atomic E-state index is 11.9. The molecule has 0 spiro atoms. The Morgan fingerprint density at radius 1 is 1.35 bits per heavy atom. The van der Waals surface area contributed by atoms with Gasteiger partial charge in [0.25, 0.3) is 0 Å². The monoisotopic (exact) mass is 282 g/mol. The van der Waals surface area contributed by atoms with Crippen LogP contribution in [0.1, 0.15) is 19.8 Å². The minimum Gasteiger partial charge on any atom is -0.350 e. The van der Waals surface area contributed by atoms with Crippen molar-refractivity contribution in [1.29, 1.82) is 0 Å². The molecule has 2 atom stereocenters. The van der Waals surface area contributed by atoms with E-state index in [4.69, 9.17) is 0 Å². The van der Waals surface area contributed by atoms with Gasteiger partial charge >= 0.3 is 17.8 Å². The van der Waals surface area contributed by atoms with Crippen molar-refractivity contribution in [3.8, 4) is 0 Å². The Labute approximate surface area is 116 Å². The number of carbonyl (C=O) groups is 4. The SMILES string of the molecule is CC1NCCCC1NC(=O)CN1C(=O)C(=O)N(C)C1=O. The zero-order chi connectivity index (χ0) is 14.9. The minimum absolute atomic E-state index is 0.0301. The molecule has 2 N–H and O–H groups in total. The Morgan fingerprint density at radius 2 is 2.05 bits per heavy atom. The molecule has 5 amide bonds. The quantitative estimate of drug-likeness (QED) is 0.493. The number of piperidine rings is 1. The van der Waals surface area contributed by atoms with Crippen LogP contribution in [0.3, 0.4) is 0 Å². The molecule has 8 nitrogen and oxygen atoms in total. The molecule has 2 unspecified atom stereocenters. The largest absolute Gasteiger partial charge is 0.350 e. The van der Waals surface area contributed by atoms with E-state index in [0.29, 0.717) is 9.80 Å². The van der Waals surface area contributed by atoms with E-state index in [-0.39, 0.29) is 12.1 Å². The molecule has 2 aliphatic heterocycles. The fourth-order valence-corrected chi connectivity index (χ4v) is 2.39. The average molecular weight is 282 g/mol. The highest BCUT2D eigenvalue weighted by Crippen LogP contribution is 2.11. The number of carbonyl (C=O) groups excluding carboxylic acids is 4. The molecular formula is C12H18N4O4. The second-order valence-corrected chi connectivity index (χ2v) is 5.10. The molecule has 2 rings (SSSR count). The van der Waals surface area contributed by atoms with Gasteiger partial charge in [0.15, 0.2) is 0 Å². The molecule has 2 aliphatic rings. The molecule has 0 aromatic carbocycles. The smallest absolute Gasteiger partial charge is 0.334 e. The summed E-state index contributed by atoms with van der Waals surface area (Å²) in [6.07, 6.45) is 1.80. The summed E-state index contributed by atoms with van der Waals surface area (Å²) in [5.74, 6) is -2.30. The van der Waals surface area contributed by atoms with Crippen molar-refractivity contribution in [3.63, 3.8) is 0 Å². The first-order valence-corrected chi connectivity index (χ1v) is 6.58. The summed E-state index contributed by atoms with van der Waals surface area (Å²) in [6, 6.07) is -0.649. The molecule has 110 valence electrons. The van der Waals surface area contributed by atoms with Crippen LogP contribution in [-0.2, 0) is 14.4 Å². The summed E-state index contributed by atoms with van der Waals surface area (Å²) in [4.78, 5) is 47.8. The zero-order valence-electron chi connectivity index (χ0n) is 11.5. The molecule has 0 aromatic heterocycles. The van der Waals surface area contributed by atoms with Crippen molar-refractivity contribution in [2.24, 2.45) is 0 Å². The Morgan fingerprint density at radius 3 is 2.60 bits per heavy atom. The molecule has 2 heterocycles. The second kappa shape index (κ2) is 5.58. The molecule has 2 fully saturated rings. The van der Waals surface area contributed by atoms with Crippen LogP contribution in [-0.4, -0.2) is 65.8 Å². The van der Waals surface area contributed by atoms with Crippen LogP contribution in [0.25, 0.3) is 0 Å². The number of hydrogen-bond acceptors (Lipinski definition) is 5. The van der Waals surface area contributed by atoms with Gasteiger partial charge in [-0.1, -0.05) is 0 Å². The predicted molar refractivity (Wildman–Crippen MR) is 68.5 cm³/mol. The first-order chi connectivity index (χ1) is 9.41. The number of urea groups is 1. The average Bonchev–Trinajstić information content (AvgIpc) is 2.59. The number of likely N-dealkylation sites (N-methyl/N-ethyl adjacent to an activating group) is 1. The van der Waals surface area contributed by atoms with Crippen molar-refractivity contribution in [2.45, 2.75) is 31.8 Å². The van der Waals surface area contributed by atoms with Crippen molar-refractivity contribution < 1.29 is 19.2 Å². The van der Waals surface area contributed by atoms with E-state index in [0.717, 1.165) is 19.4 Å². The maximum Gasteiger partial charge on any atom is 0.334 e. The van der Waals surface area contributed by atoms with E-state index in [2.05, 4.69) is 10.6 Å². The van der Waals surface area contributed by atoms with Gasteiger partial charge in [-0.2, -0.15) is 0 Å². The molecule has 0 radical (unpaired) electrons. The van der Waals surface area contributed by atoms with Gasteiger partial charge in [-0.15, -0.1) is 0 Å². The van der Waals surface area contributed by atoms with Crippen molar-refractivity contribution >= 4 is 23.8 Å². The van der Waals surface area contributed by atoms with Crippen LogP contribution in [0.2, 0.25) is 0 Å². The van der Waals surface area contributed by atoms with E-state index in [1.165, 1.54) is 7.05 Å². The van der Waals surface area contributed by atoms with E-state index in [9.17, 15) is 19.2 Å². The summed E-state index contributed by atoms with van der Waals surface area (Å²) < 4.78 is 0. The summed E-state index contributed by atoms with van der Waals surface area (Å²) in [6.45, 7) is 2.46. The number of amides is 5. The summed E-state index contributed by atoms with van der Waals surface area (Å²) >= 11 is 0. The zero-order valence-corrected chi connectivity index (χ0v) is 11.5. The standard InChI is InChI=1S/C12H18N4O4/c1-7-8(4-3-5-13-7)14-9(17)6-16-11(19)10(18)15(2)12(16)20/h7-8,13H,3-6H2,1-2H3,(H,14,17). The highest BCUT2D eigenvalue weighted by molar-refractivity contribution is 6.44. The van der Waals surface area contributed by atoms with E-state index < -0.39 is 30.3 Å². The Balaban J connectivity index is 1.93. The molecular weight excluding hydrogens is 264 g/mol. The van der Waals surface area contributed by atoms with Gasteiger partial charge in [0.05, 0.1) is 0 Å². The van der Waals surface area contributed by atoms with Crippen molar-refractivity contribution in [1.82, 2.24) is 20.4 Å².